The van der Waals surface area contributed by atoms with E-state index in [9.17, 15) is 4.79 Å². The topological polar surface area (TPSA) is 32.3 Å². The Kier molecular flexibility index (Phi) is 3.42. The molecule has 1 N–H and O–H groups in total. The number of nitrogens with zero attached hydrogens (tertiary/aromatic N) is 1. The number of carbonyl (C=O) groups excluding carboxylic acids is 1. The van der Waals surface area contributed by atoms with E-state index in [0.717, 1.165) is 22.5 Å². The summed E-state index contributed by atoms with van der Waals surface area (Å²) in [4.78, 5) is 14.5. The molecule has 1 amide bonds. The van der Waals surface area contributed by atoms with Gasteiger partial charge in [0.15, 0.2) is 0 Å². The first-order valence-electron chi connectivity index (χ1n) is 7.33. The van der Waals surface area contributed by atoms with Crippen molar-refractivity contribution in [2.45, 2.75) is 26.3 Å². The maximum absolute atomic E-state index is 12.7. The van der Waals surface area contributed by atoms with E-state index >= 15 is 0 Å². The van der Waals surface area contributed by atoms with Crippen molar-refractivity contribution in [3.8, 4) is 0 Å². The van der Waals surface area contributed by atoms with E-state index in [1.165, 1.54) is 5.56 Å². The molecule has 0 fully saturated rings. The summed E-state index contributed by atoms with van der Waals surface area (Å²) in [6.07, 6.45) is 0. The minimum Gasteiger partial charge on any atom is -0.387 e. The van der Waals surface area contributed by atoms with Gasteiger partial charge in [-0.1, -0.05) is 38.1 Å². The number of nitrogens with one attached hydrogen (secondary N) is 1. The van der Waals surface area contributed by atoms with Crippen LogP contribution in [0.1, 0.15) is 41.3 Å². The van der Waals surface area contributed by atoms with Crippen molar-refractivity contribution in [3.63, 3.8) is 0 Å². The molecule has 3 rings (SSSR count). The molecule has 0 spiro atoms. The van der Waals surface area contributed by atoms with Crippen molar-refractivity contribution in [2.24, 2.45) is 0 Å². The van der Waals surface area contributed by atoms with Crippen LogP contribution in [0.15, 0.2) is 42.5 Å². The number of amides is 1. The molecule has 0 radical (unpaired) electrons. The van der Waals surface area contributed by atoms with Crippen molar-refractivity contribution < 1.29 is 4.79 Å². The molecular formula is C18H20N2O. The Labute approximate surface area is 125 Å². The van der Waals surface area contributed by atoms with Crippen LogP contribution in [0.2, 0.25) is 0 Å². The summed E-state index contributed by atoms with van der Waals surface area (Å²) in [6, 6.07) is 14.3. The van der Waals surface area contributed by atoms with Crippen molar-refractivity contribution in [1.82, 2.24) is 0 Å². The minimum absolute atomic E-state index is 0.0762. The van der Waals surface area contributed by atoms with Gasteiger partial charge in [-0.2, -0.15) is 0 Å². The molecular weight excluding hydrogens is 260 g/mol. The molecule has 0 atom stereocenters. The molecule has 0 aromatic heterocycles. The third kappa shape index (κ3) is 2.29. The van der Waals surface area contributed by atoms with Crippen LogP contribution in [0.5, 0.6) is 0 Å². The number of hydrogen-bond acceptors (Lipinski definition) is 2. The number of anilines is 2. The molecule has 0 aliphatic carbocycles. The molecule has 3 nitrogen and oxygen atoms in total. The molecule has 2 aromatic carbocycles. The van der Waals surface area contributed by atoms with Crippen LogP contribution in [-0.4, -0.2) is 13.0 Å². The lowest BCUT2D eigenvalue weighted by Crippen LogP contribution is -2.23. The zero-order valence-electron chi connectivity index (χ0n) is 12.7. The number of rotatable bonds is 3. The van der Waals surface area contributed by atoms with Crippen LogP contribution < -0.4 is 10.2 Å². The molecule has 108 valence electrons. The summed E-state index contributed by atoms with van der Waals surface area (Å²) in [5.74, 6) is 0.577. The standard InChI is InChI=1S/C18H20N2O/c1-12(2)13-7-9-15(10-8-13)20-11-14-5-4-6-16(19-3)17(14)18(20)21/h4-10,12,19H,11H2,1-3H3. The third-order valence-electron chi connectivity index (χ3n) is 4.08. The summed E-state index contributed by atoms with van der Waals surface area (Å²) in [5, 5.41) is 3.11. The molecule has 21 heavy (non-hydrogen) atoms. The van der Waals surface area contributed by atoms with Gasteiger partial charge in [0.2, 0.25) is 0 Å². The smallest absolute Gasteiger partial charge is 0.261 e. The fourth-order valence-corrected chi connectivity index (χ4v) is 2.82. The first kappa shape index (κ1) is 13.7. The summed E-state index contributed by atoms with van der Waals surface area (Å²) in [6.45, 7) is 4.99. The lowest BCUT2D eigenvalue weighted by atomic mass is 10.0. The fraction of sp³-hybridized carbons (Fsp3) is 0.278. The Morgan fingerprint density at radius 2 is 1.81 bits per heavy atom. The lowest BCUT2D eigenvalue weighted by molar-refractivity contribution is 0.0997. The van der Waals surface area contributed by atoms with Crippen LogP contribution in [0.25, 0.3) is 0 Å². The molecule has 0 bridgehead atoms. The molecule has 1 aliphatic heterocycles. The van der Waals surface area contributed by atoms with Gasteiger partial charge < -0.3 is 10.2 Å². The van der Waals surface area contributed by atoms with E-state index in [0.29, 0.717) is 12.5 Å². The Balaban J connectivity index is 1.94. The molecule has 1 aliphatic rings. The predicted octanol–water partition coefficient (Wildman–Crippen LogP) is 4.01. The first-order chi connectivity index (χ1) is 10.1. The van der Waals surface area contributed by atoms with Crippen molar-refractivity contribution in [3.05, 3.63) is 59.2 Å². The van der Waals surface area contributed by atoms with E-state index in [2.05, 4.69) is 31.3 Å². The Morgan fingerprint density at radius 1 is 1.10 bits per heavy atom. The van der Waals surface area contributed by atoms with Crippen LogP contribution in [0, 0.1) is 0 Å². The van der Waals surface area contributed by atoms with Crippen molar-refractivity contribution >= 4 is 17.3 Å². The summed E-state index contributed by atoms with van der Waals surface area (Å²) in [7, 11) is 1.85. The highest BCUT2D eigenvalue weighted by Gasteiger charge is 2.30. The Morgan fingerprint density at radius 3 is 2.43 bits per heavy atom. The number of fused-ring (bicyclic) bond motifs is 1. The van der Waals surface area contributed by atoms with Crippen LogP contribution >= 0.6 is 0 Å². The first-order valence-corrected chi connectivity index (χ1v) is 7.33. The SMILES string of the molecule is CNc1cccc2c1C(=O)N(c1ccc(C(C)C)cc1)C2. The van der Waals surface area contributed by atoms with Crippen molar-refractivity contribution in [1.29, 1.82) is 0 Å². The van der Waals surface area contributed by atoms with Gasteiger partial charge in [0.1, 0.15) is 0 Å². The predicted molar refractivity (Wildman–Crippen MR) is 87.0 cm³/mol. The second-order valence-corrected chi connectivity index (χ2v) is 5.73. The average Bonchev–Trinajstić information content (AvgIpc) is 2.84. The van der Waals surface area contributed by atoms with Gasteiger partial charge in [-0.05, 0) is 35.2 Å². The van der Waals surface area contributed by atoms with E-state index < -0.39 is 0 Å². The van der Waals surface area contributed by atoms with Gasteiger partial charge in [0.25, 0.3) is 5.91 Å². The zero-order valence-corrected chi connectivity index (χ0v) is 12.7. The Bertz CT molecular complexity index is 674. The van der Waals surface area contributed by atoms with E-state index in [-0.39, 0.29) is 5.91 Å². The van der Waals surface area contributed by atoms with E-state index in [1.54, 1.807) is 0 Å². The highest BCUT2D eigenvalue weighted by molar-refractivity contribution is 6.13. The molecule has 1 heterocycles. The number of hydrogen-bond donors (Lipinski definition) is 1. The quantitative estimate of drug-likeness (QED) is 0.921. The van der Waals surface area contributed by atoms with Gasteiger partial charge in [0, 0.05) is 18.4 Å². The highest BCUT2D eigenvalue weighted by Crippen LogP contribution is 2.33. The van der Waals surface area contributed by atoms with Crippen LogP contribution in [-0.2, 0) is 6.54 Å². The van der Waals surface area contributed by atoms with Gasteiger partial charge >= 0.3 is 0 Å². The van der Waals surface area contributed by atoms with Crippen molar-refractivity contribution in [2.75, 3.05) is 17.3 Å². The minimum atomic E-state index is 0.0762. The van der Waals surface area contributed by atoms with Gasteiger partial charge in [-0.25, -0.2) is 0 Å². The second kappa shape index (κ2) is 5.24. The fourth-order valence-electron chi connectivity index (χ4n) is 2.82. The van der Waals surface area contributed by atoms with Gasteiger partial charge in [0.05, 0.1) is 12.1 Å². The van der Waals surface area contributed by atoms with Gasteiger partial charge in [-0.15, -0.1) is 0 Å². The second-order valence-electron chi connectivity index (χ2n) is 5.73. The third-order valence-corrected chi connectivity index (χ3v) is 4.08. The maximum atomic E-state index is 12.7. The van der Waals surface area contributed by atoms with Gasteiger partial charge in [-0.3, -0.25) is 4.79 Å². The van der Waals surface area contributed by atoms with Crippen LogP contribution in [0.3, 0.4) is 0 Å². The summed E-state index contributed by atoms with van der Waals surface area (Å²) in [5.41, 5.74) is 5.04. The summed E-state index contributed by atoms with van der Waals surface area (Å²) >= 11 is 0. The Hall–Kier alpha value is -2.29. The maximum Gasteiger partial charge on any atom is 0.261 e. The number of carbonyl (C=O) groups is 1. The van der Waals surface area contributed by atoms with E-state index in [1.807, 2.05) is 42.3 Å². The zero-order chi connectivity index (χ0) is 15.0. The van der Waals surface area contributed by atoms with Crippen LogP contribution in [0.4, 0.5) is 11.4 Å². The normalized spacial score (nSPS) is 13.7. The highest BCUT2D eigenvalue weighted by atomic mass is 16.2. The monoisotopic (exact) mass is 280 g/mol. The molecule has 2 aromatic rings. The lowest BCUT2D eigenvalue weighted by Gasteiger charge is -2.17. The average molecular weight is 280 g/mol. The summed E-state index contributed by atoms with van der Waals surface area (Å²) < 4.78 is 0. The molecule has 0 unspecified atom stereocenters. The van der Waals surface area contributed by atoms with E-state index in [4.69, 9.17) is 0 Å². The number of benzene rings is 2. The molecule has 3 heteroatoms. The molecule has 0 saturated carbocycles. The molecule has 0 saturated heterocycles. The largest absolute Gasteiger partial charge is 0.387 e.